The fraction of sp³-hybridized carbons (Fsp3) is 0.765. The molecular weight excluding hydrogens is 265 g/mol. The standard InChI is InChI=1S/C17H30FNSi/c1-12-9-13-14(10-12)16(8-7-15(13)18)20(5,6)11-19-17(2,3)4/h7-8,12-14,19H,9-11H2,1-6H3. The zero-order valence-corrected chi connectivity index (χ0v) is 14.9. The zero-order chi connectivity index (χ0) is 15.1. The first-order valence-corrected chi connectivity index (χ1v) is 11.1. The Morgan fingerprint density at radius 2 is 1.80 bits per heavy atom. The Balaban J connectivity index is 2.18. The summed E-state index contributed by atoms with van der Waals surface area (Å²) in [7, 11) is -1.52. The highest BCUT2D eigenvalue weighted by atomic mass is 28.3. The molecule has 20 heavy (non-hydrogen) atoms. The molecule has 114 valence electrons. The van der Waals surface area contributed by atoms with Gasteiger partial charge < -0.3 is 5.32 Å². The van der Waals surface area contributed by atoms with E-state index in [9.17, 15) is 4.39 Å². The lowest BCUT2D eigenvalue weighted by molar-refractivity contribution is 0.405. The van der Waals surface area contributed by atoms with Gasteiger partial charge >= 0.3 is 0 Å². The van der Waals surface area contributed by atoms with Crippen LogP contribution in [0.15, 0.2) is 23.2 Å². The number of hydrogen-bond acceptors (Lipinski definition) is 1. The Bertz CT molecular complexity index is 431. The van der Waals surface area contributed by atoms with E-state index in [1.54, 1.807) is 11.3 Å². The van der Waals surface area contributed by atoms with Gasteiger partial charge in [-0.25, -0.2) is 4.39 Å². The van der Waals surface area contributed by atoms with Crippen molar-refractivity contribution in [3.63, 3.8) is 0 Å². The highest BCUT2D eigenvalue weighted by Gasteiger charge is 2.43. The average Bonchev–Trinajstić information content (AvgIpc) is 2.68. The molecule has 1 fully saturated rings. The van der Waals surface area contributed by atoms with E-state index >= 15 is 0 Å². The lowest BCUT2D eigenvalue weighted by Crippen LogP contribution is -2.50. The maximum Gasteiger partial charge on any atom is 0.104 e. The number of fused-ring (bicyclic) bond motifs is 1. The van der Waals surface area contributed by atoms with Gasteiger partial charge in [0.15, 0.2) is 0 Å². The van der Waals surface area contributed by atoms with Crippen molar-refractivity contribution in [3.05, 3.63) is 23.2 Å². The van der Waals surface area contributed by atoms with Crippen LogP contribution >= 0.6 is 0 Å². The number of hydrogen-bond donors (Lipinski definition) is 1. The predicted octanol–water partition coefficient (Wildman–Crippen LogP) is 4.62. The van der Waals surface area contributed by atoms with Crippen LogP contribution in [0.5, 0.6) is 0 Å². The van der Waals surface area contributed by atoms with Gasteiger partial charge in [0.05, 0.1) is 8.07 Å². The molecule has 2 rings (SSSR count). The van der Waals surface area contributed by atoms with E-state index < -0.39 is 8.07 Å². The van der Waals surface area contributed by atoms with Crippen LogP contribution in [-0.2, 0) is 0 Å². The second-order valence-electron chi connectivity index (χ2n) is 8.45. The van der Waals surface area contributed by atoms with E-state index in [0.717, 1.165) is 12.6 Å². The molecule has 0 heterocycles. The third kappa shape index (κ3) is 3.42. The van der Waals surface area contributed by atoms with Crippen LogP contribution in [0, 0.1) is 17.8 Å². The van der Waals surface area contributed by atoms with Gasteiger partial charge in [-0.1, -0.05) is 31.3 Å². The Kier molecular flexibility index (Phi) is 4.32. The minimum absolute atomic E-state index is 0.122. The van der Waals surface area contributed by atoms with E-state index in [1.165, 1.54) is 6.42 Å². The first-order chi connectivity index (χ1) is 9.10. The molecule has 1 nitrogen and oxygen atoms in total. The summed E-state index contributed by atoms with van der Waals surface area (Å²) >= 11 is 0. The third-order valence-electron chi connectivity index (χ3n) is 4.82. The lowest BCUT2D eigenvalue weighted by atomic mass is 9.90. The largest absolute Gasteiger partial charge is 0.314 e. The van der Waals surface area contributed by atoms with Crippen LogP contribution in [0.2, 0.25) is 13.1 Å². The van der Waals surface area contributed by atoms with Gasteiger partial charge in [0.1, 0.15) is 5.83 Å². The van der Waals surface area contributed by atoms with Crippen molar-refractivity contribution in [1.82, 2.24) is 5.32 Å². The SMILES string of the molecule is CC1CC2C(F)=CC=C([Si](C)(C)CNC(C)(C)C)C2C1. The maximum atomic E-state index is 14.1. The molecule has 0 spiro atoms. The van der Waals surface area contributed by atoms with Crippen LogP contribution in [0.1, 0.15) is 40.5 Å². The molecule has 1 N–H and O–H groups in total. The lowest BCUT2D eigenvalue weighted by Gasteiger charge is -2.37. The predicted molar refractivity (Wildman–Crippen MR) is 87.9 cm³/mol. The normalized spacial score (nSPS) is 30.9. The van der Waals surface area contributed by atoms with Crippen molar-refractivity contribution in [1.29, 1.82) is 0 Å². The molecule has 0 aliphatic heterocycles. The van der Waals surface area contributed by atoms with Crippen molar-refractivity contribution >= 4 is 8.07 Å². The smallest absolute Gasteiger partial charge is 0.104 e. The second-order valence-corrected chi connectivity index (χ2v) is 13.1. The molecule has 0 amide bonds. The van der Waals surface area contributed by atoms with E-state index in [-0.39, 0.29) is 17.3 Å². The summed E-state index contributed by atoms with van der Waals surface area (Å²) in [6, 6.07) is 0. The Labute approximate surface area is 124 Å². The van der Waals surface area contributed by atoms with Crippen LogP contribution < -0.4 is 5.32 Å². The van der Waals surface area contributed by atoms with Crippen LogP contribution in [0.3, 0.4) is 0 Å². The van der Waals surface area contributed by atoms with Crippen molar-refractivity contribution in [2.75, 3.05) is 6.17 Å². The summed E-state index contributed by atoms with van der Waals surface area (Å²) in [5, 5.41) is 5.24. The Morgan fingerprint density at radius 3 is 2.40 bits per heavy atom. The molecule has 3 heteroatoms. The van der Waals surface area contributed by atoms with Gasteiger partial charge in [0.2, 0.25) is 0 Å². The fourth-order valence-electron chi connectivity index (χ4n) is 3.67. The first-order valence-electron chi connectivity index (χ1n) is 7.93. The number of halogens is 1. The van der Waals surface area contributed by atoms with Crippen molar-refractivity contribution in [2.45, 2.75) is 59.2 Å². The Hall–Kier alpha value is -0.413. The summed E-state index contributed by atoms with van der Waals surface area (Å²) in [5.74, 6) is 1.42. The van der Waals surface area contributed by atoms with E-state index in [4.69, 9.17) is 0 Å². The molecule has 0 aromatic rings. The highest BCUT2D eigenvalue weighted by molar-refractivity contribution is 6.84. The van der Waals surface area contributed by atoms with Gasteiger partial charge in [-0.3, -0.25) is 0 Å². The highest BCUT2D eigenvalue weighted by Crippen LogP contribution is 2.48. The topological polar surface area (TPSA) is 12.0 Å². The number of nitrogens with one attached hydrogen (secondary N) is 1. The van der Waals surface area contributed by atoms with Gasteiger partial charge in [0, 0.05) is 11.5 Å². The van der Waals surface area contributed by atoms with E-state index in [1.807, 2.05) is 0 Å². The Morgan fingerprint density at radius 1 is 1.20 bits per heavy atom. The average molecular weight is 296 g/mol. The molecule has 1 saturated carbocycles. The molecule has 0 aromatic carbocycles. The maximum absolute atomic E-state index is 14.1. The van der Waals surface area contributed by atoms with Crippen LogP contribution in [-0.4, -0.2) is 19.8 Å². The van der Waals surface area contributed by atoms with Gasteiger partial charge in [0.25, 0.3) is 0 Å². The molecule has 0 saturated heterocycles. The quantitative estimate of drug-likeness (QED) is 0.749. The van der Waals surface area contributed by atoms with Gasteiger partial charge in [-0.15, -0.1) is 0 Å². The zero-order valence-electron chi connectivity index (χ0n) is 13.9. The molecule has 3 atom stereocenters. The van der Waals surface area contributed by atoms with Gasteiger partial charge in [-0.05, 0) is 57.7 Å². The van der Waals surface area contributed by atoms with Gasteiger partial charge in [-0.2, -0.15) is 0 Å². The summed E-state index contributed by atoms with van der Waals surface area (Å²) in [6.45, 7) is 13.8. The molecule has 2 aliphatic carbocycles. The van der Waals surface area contributed by atoms with E-state index in [2.05, 4.69) is 52.2 Å². The second kappa shape index (κ2) is 5.41. The fourth-order valence-corrected chi connectivity index (χ4v) is 6.71. The molecule has 0 aromatic heterocycles. The molecular formula is C17H30FNSi. The summed E-state index contributed by atoms with van der Waals surface area (Å²) in [5.41, 5.74) is 0.156. The molecule has 3 unspecified atom stereocenters. The summed E-state index contributed by atoms with van der Waals surface area (Å²) in [4.78, 5) is 0. The minimum atomic E-state index is -1.52. The number of allylic oxidation sites excluding steroid dienone is 4. The first kappa shape index (κ1) is 16.0. The van der Waals surface area contributed by atoms with Crippen molar-refractivity contribution < 1.29 is 4.39 Å². The minimum Gasteiger partial charge on any atom is -0.314 e. The van der Waals surface area contributed by atoms with Crippen molar-refractivity contribution in [2.24, 2.45) is 17.8 Å². The van der Waals surface area contributed by atoms with Crippen LogP contribution in [0.25, 0.3) is 0 Å². The monoisotopic (exact) mass is 295 g/mol. The third-order valence-corrected chi connectivity index (χ3v) is 7.98. The van der Waals surface area contributed by atoms with Crippen LogP contribution in [0.4, 0.5) is 4.39 Å². The van der Waals surface area contributed by atoms with E-state index in [0.29, 0.717) is 11.8 Å². The molecule has 0 bridgehead atoms. The summed E-state index contributed by atoms with van der Waals surface area (Å²) < 4.78 is 14.1. The van der Waals surface area contributed by atoms with Crippen molar-refractivity contribution in [3.8, 4) is 0 Å². The number of rotatable bonds is 3. The summed E-state index contributed by atoms with van der Waals surface area (Å²) in [6.07, 6.45) is 7.14. The molecule has 0 radical (unpaired) electrons. The molecule has 2 aliphatic rings.